The molecule has 106 valence electrons. The number of ether oxygens (including phenoxy) is 2. The highest BCUT2D eigenvalue weighted by Crippen LogP contribution is 2.02. The zero-order chi connectivity index (χ0) is 14.1. The summed E-state index contributed by atoms with van der Waals surface area (Å²) in [4.78, 5) is 11.6. The van der Waals surface area contributed by atoms with Crippen molar-refractivity contribution in [3.05, 3.63) is 35.9 Å². The molecule has 0 unspecified atom stereocenters. The molecule has 0 atom stereocenters. The van der Waals surface area contributed by atoms with Gasteiger partial charge in [-0.1, -0.05) is 18.2 Å². The molecule has 1 aromatic rings. The smallest absolute Gasteiger partial charge is 0.338 e. The summed E-state index contributed by atoms with van der Waals surface area (Å²) in [5.41, 5.74) is 0.560. The van der Waals surface area contributed by atoms with E-state index >= 15 is 0 Å². The average molecular weight is 282 g/mol. The number of rotatable bonds is 8. The summed E-state index contributed by atoms with van der Waals surface area (Å²) in [5.74, 6) is -0.317. The lowest BCUT2D eigenvalue weighted by atomic mass is 10.2. The molecule has 0 spiro atoms. The molecule has 0 N–H and O–H groups in total. The Kier molecular flexibility index (Phi) is 6.76. The van der Waals surface area contributed by atoms with Crippen LogP contribution in [0.5, 0.6) is 0 Å². The Morgan fingerprint density at radius 2 is 1.63 bits per heavy atom. The fourth-order valence-electron chi connectivity index (χ4n) is 1.36. The Bertz CT molecular complexity index is 373. The molecule has 1 aromatic carbocycles. The van der Waals surface area contributed by atoms with E-state index in [-0.39, 0.29) is 12.6 Å². The van der Waals surface area contributed by atoms with Crippen LogP contribution in [0.25, 0.3) is 0 Å². The predicted molar refractivity (Wildman–Crippen MR) is 76.8 cm³/mol. The molecule has 19 heavy (non-hydrogen) atoms. The maximum absolute atomic E-state index is 11.6. The minimum atomic E-state index is -1.45. The van der Waals surface area contributed by atoms with E-state index in [4.69, 9.17) is 13.9 Å². The van der Waals surface area contributed by atoms with Gasteiger partial charge in [-0.15, -0.1) is 0 Å². The molecule has 0 aliphatic rings. The molecule has 0 aromatic heterocycles. The van der Waals surface area contributed by atoms with Crippen LogP contribution in [-0.2, 0) is 13.9 Å². The Morgan fingerprint density at radius 1 is 1.00 bits per heavy atom. The number of carbonyl (C=O) groups is 1. The molecule has 0 saturated carbocycles. The van der Waals surface area contributed by atoms with Crippen LogP contribution in [0, 0.1) is 0 Å². The topological polar surface area (TPSA) is 44.8 Å². The second-order valence-corrected chi connectivity index (χ2v) is 9.59. The van der Waals surface area contributed by atoms with Crippen molar-refractivity contribution >= 4 is 14.3 Å². The monoisotopic (exact) mass is 282 g/mol. The first-order valence-corrected chi connectivity index (χ1v) is 9.84. The van der Waals surface area contributed by atoms with Crippen molar-refractivity contribution in [2.45, 2.75) is 19.6 Å². The molecule has 1 rings (SSSR count). The first kappa shape index (κ1) is 15.9. The summed E-state index contributed by atoms with van der Waals surface area (Å²) < 4.78 is 16.0. The van der Waals surface area contributed by atoms with Crippen molar-refractivity contribution < 1.29 is 18.7 Å². The van der Waals surface area contributed by atoms with Gasteiger partial charge in [0.2, 0.25) is 0 Å². The standard InChI is InChI=1S/C14H22O4Si/c1-19(2,3)18-12-10-16-9-11-17-14(15)13-7-5-4-6-8-13/h4-8H,9-12H2,1-3H3. The molecule has 5 heteroatoms. The lowest BCUT2D eigenvalue weighted by molar-refractivity contribution is 0.0269. The maximum Gasteiger partial charge on any atom is 0.338 e. The third kappa shape index (κ3) is 7.76. The van der Waals surface area contributed by atoms with E-state index in [0.717, 1.165) is 0 Å². The SMILES string of the molecule is C[Si](C)(C)OCCOCCOC(=O)c1ccccc1. The third-order valence-corrected chi connectivity index (χ3v) is 3.30. The van der Waals surface area contributed by atoms with Crippen LogP contribution >= 0.6 is 0 Å². The van der Waals surface area contributed by atoms with Gasteiger partial charge in [-0.05, 0) is 31.8 Å². The van der Waals surface area contributed by atoms with Crippen molar-refractivity contribution in [2.75, 3.05) is 26.4 Å². The second kappa shape index (κ2) is 8.09. The number of carbonyl (C=O) groups excluding carboxylic acids is 1. The van der Waals surface area contributed by atoms with E-state index < -0.39 is 8.32 Å². The highest BCUT2D eigenvalue weighted by atomic mass is 28.4. The molecule has 0 saturated heterocycles. The highest BCUT2D eigenvalue weighted by Gasteiger charge is 2.13. The zero-order valence-corrected chi connectivity index (χ0v) is 12.8. The summed E-state index contributed by atoms with van der Waals surface area (Å²) in [6.07, 6.45) is 0. The van der Waals surface area contributed by atoms with Crippen LogP contribution in [0.4, 0.5) is 0 Å². The molecular formula is C14H22O4Si. The van der Waals surface area contributed by atoms with Crippen molar-refractivity contribution in [1.82, 2.24) is 0 Å². The lowest BCUT2D eigenvalue weighted by Crippen LogP contribution is -2.27. The third-order valence-electron chi connectivity index (χ3n) is 2.23. The van der Waals surface area contributed by atoms with E-state index in [9.17, 15) is 4.79 Å². The molecule has 0 fully saturated rings. The van der Waals surface area contributed by atoms with Gasteiger partial charge < -0.3 is 13.9 Å². The maximum atomic E-state index is 11.6. The molecule has 0 radical (unpaired) electrons. The van der Waals surface area contributed by atoms with Crippen LogP contribution in [0.2, 0.25) is 19.6 Å². The van der Waals surface area contributed by atoms with Crippen LogP contribution in [-0.4, -0.2) is 40.7 Å². The summed E-state index contributed by atoms with van der Waals surface area (Å²) in [6.45, 7) is 8.20. The molecule has 0 aliphatic heterocycles. The van der Waals surface area contributed by atoms with Crippen LogP contribution in [0.1, 0.15) is 10.4 Å². The van der Waals surface area contributed by atoms with Gasteiger partial charge in [-0.2, -0.15) is 0 Å². The van der Waals surface area contributed by atoms with Crippen LogP contribution < -0.4 is 0 Å². The van der Waals surface area contributed by atoms with Gasteiger partial charge in [0.1, 0.15) is 6.61 Å². The van der Waals surface area contributed by atoms with Crippen molar-refractivity contribution in [1.29, 1.82) is 0 Å². The van der Waals surface area contributed by atoms with E-state index in [1.807, 2.05) is 6.07 Å². The Morgan fingerprint density at radius 3 is 2.26 bits per heavy atom. The van der Waals surface area contributed by atoms with E-state index in [1.54, 1.807) is 24.3 Å². The highest BCUT2D eigenvalue weighted by molar-refractivity contribution is 6.69. The Hall–Kier alpha value is -1.17. The van der Waals surface area contributed by atoms with E-state index in [1.165, 1.54) is 0 Å². The van der Waals surface area contributed by atoms with Crippen molar-refractivity contribution in [2.24, 2.45) is 0 Å². The molecule has 4 nitrogen and oxygen atoms in total. The first-order chi connectivity index (χ1) is 8.99. The fraction of sp³-hybridized carbons (Fsp3) is 0.500. The fourth-order valence-corrected chi connectivity index (χ4v) is 2.06. The van der Waals surface area contributed by atoms with Crippen molar-refractivity contribution in [3.8, 4) is 0 Å². The number of benzene rings is 1. The van der Waals surface area contributed by atoms with Gasteiger partial charge in [0.15, 0.2) is 8.32 Å². The van der Waals surface area contributed by atoms with Crippen molar-refractivity contribution in [3.63, 3.8) is 0 Å². The van der Waals surface area contributed by atoms with E-state index in [0.29, 0.717) is 25.4 Å². The first-order valence-electron chi connectivity index (χ1n) is 6.43. The van der Waals surface area contributed by atoms with Crippen LogP contribution in [0.15, 0.2) is 30.3 Å². The van der Waals surface area contributed by atoms with E-state index in [2.05, 4.69) is 19.6 Å². The number of hydrogen-bond acceptors (Lipinski definition) is 4. The summed E-state index contributed by atoms with van der Waals surface area (Å²) in [7, 11) is -1.45. The normalized spacial score (nSPS) is 11.3. The average Bonchev–Trinajstić information content (AvgIpc) is 2.37. The van der Waals surface area contributed by atoms with Gasteiger partial charge in [0.05, 0.1) is 25.4 Å². The molecule has 0 bridgehead atoms. The second-order valence-electron chi connectivity index (χ2n) is 5.08. The Labute approximate surface area is 115 Å². The largest absolute Gasteiger partial charge is 0.460 e. The van der Waals surface area contributed by atoms with Gasteiger partial charge in [0.25, 0.3) is 0 Å². The van der Waals surface area contributed by atoms with Crippen LogP contribution in [0.3, 0.4) is 0 Å². The van der Waals surface area contributed by atoms with Gasteiger partial charge >= 0.3 is 5.97 Å². The molecule has 0 heterocycles. The quantitative estimate of drug-likeness (QED) is 0.418. The molecule has 0 amide bonds. The zero-order valence-electron chi connectivity index (χ0n) is 11.8. The minimum absolute atomic E-state index is 0.265. The number of hydrogen-bond donors (Lipinski definition) is 0. The molecule has 0 aliphatic carbocycles. The lowest BCUT2D eigenvalue weighted by Gasteiger charge is -2.16. The summed E-state index contributed by atoms with van der Waals surface area (Å²) in [5, 5.41) is 0. The molecular weight excluding hydrogens is 260 g/mol. The van der Waals surface area contributed by atoms with Gasteiger partial charge in [-0.3, -0.25) is 0 Å². The summed E-state index contributed by atoms with van der Waals surface area (Å²) in [6, 6.07) is 8.93. The number of esters is 1. The summed E-state index contributed by atoms with van der Waals surface area (Å²) >= 11 is 0. The van der Waals surface area contributed by atoms with Gasteiger partial charge in [0, 0.05) is 0 Å². The minimum Gasteiger partial charge on any atom is -0.460 e. The predicted octanol–water partition coefficient (Wildman–Crippen LogP) is 2.71. The Balaban J connectivity index is 2.04. The van der Waals surface area contributed by atoms with Gasteiger partial charge in [-0.25, -0.2) is 4.79 Å².